The molecule has 2 rings (SSSR count). The number of hydrogen-bond donors (Lipinski definition) is 1. The molecule has 2 heterocycles. The second kappa shape index (κ2) is 4.80. The number of hydrogen-bond acceptors (Lipinski definition) is 4. The lowest BCUT2D eigenvalue weighted by atomic mass is 10.0. The molecule has 0 atom stereocenters. The van der Waals surface area contributed by atoms with E-state index in [1.54, 1.807) is 0 Å². The minimum atomic E-state index is -2.75. The van der Waals surface area contributed by atoms with Crippen LogP contribution in [0.3, 0.4) is 0 Å². The number of sulfone groups is 1. The van der Waals surface area contributed by atoms with Gasteiger partial charge < -0.3 is 5.32 Å². The molecule has 88 valence electrons. The van der Waals surface area contributed by atoms with E-state index in [0.29, 0.717) is 17.5 Å². The summed E-state index contributed by atoms with van der Waals surface area (Å²) >= 11 is 0. The Kier molecular flexibility index (Phi) is 3.64. The minimum absolute atomic E-state index is 0.358. The molecule has 0 bridgehead atoms. The van der Waals surface area contributed by atoms with E-state index in [2.05, 4.69) is 10.2 Å². The predicted molar refractivity (Wildman–Crippen MR) is 60.7 cm³/mol. The van der Waals surface area contributed by atoms with E-state index < -0.39 is 9.84 Å². The molecule has 0 aliphatic carbocycles. The Balaban J connectivity index is 1.92. The van der Waals surface area contributed by atoms with Crippen LogP contribution in [0.1, 0.15) is 19.3 Å². The highest BCUT2D eigenvalue weighted by Gasteiger charge is 2.25. The molecule has 0 saturated carbocycles. The van der Waals surface area contributed by atoms with Crippen molar-refractivity contribution in [3.8, 4) is 0 Å². The second-order valence-corrected chi connectivity index (χ2v) is 6.83. The lowest BCUT2D eigenvalue weighted by Gasteiger charge is -2.33. The van der Waals surface area contributed by atoms with Crippen molar-refractivity contribution in [2.24, 2.45) is 0 Å². The first-order valence-corrected chi connectivity index (χ1v) is 7.65. The molecule has 2 aliphatic rings. The molecule has 1 N–H and O–H groups in total. The van der Waals surface area contributed by atoms with Crippen LogP contribution in [0, 0.1) is 0 Å². The average molecular weight is 232 g/mol. The van der Waals surface area contributed by atoms with Crippen LogP contribution in [-0.4, -0.2) is 57.0 Å². The summed E-state index contributed by atoms with van der Waals surface area (Å²) < 4.78 is 22.9. The maximum atomic E-state index is 11.5. The van der Waals surface area contributed by atoms with Crippen molar-refractivity contribution in [3.63, 3.8) is 0 Å². The van der Waals surface area contributed by atoms with E-state index in [1.165, 1.54) is 12.8 Å². The fourth-order valence-corrected chi connectivity index (χ4v) is 3.78. The van der Waals surface area contributed by atoms with Crippen LogP contribution in [0.4, 0.5) is 0 Å². The molecule has 0 spiro atoms. The molecule has 0 radical (unpaired) electrons. The zero-order chi connectivity index (χ0) is 10.7. The van der Waals surface area contributed by atoms with Crippen molar-refractivity contribution >= 4 is 9.84 Å². The molecule has 5 heteroatoms. The van der Waals surface area contributed by atoms with Crippen LogP contribution in [0.15, 0.2) is 0 Å². The molecule has 0 aromatic rings. The van der Waals surface area contributed by atoms with Crippen LogP contribution >= 0.6 is 0 Å². The van der Waals surface area contributed by atoms with Gasteiger partial charge in [-0.25, -0.2) is 8.42 Å². The summed E-state index contributed by atoms with van der Waals surface area (Å²) in [6, 6.07) is 0.611. The summed E-state index contributed by atoms with van der Waals surface area (Å²) in [5.41, 5.74) is 0. The molecule has 0 amide bonds. The third-order valence-corrected chi connectivity index (χ3v) is 5.13. The molecule has 0 unspecified atom stereocenters. The fraction of sp³-hybridized carbons (Fsp3) is 1.00. The van der Waals surface area contributed by atoms with Crippen LogP contribution in [0.2, 0.25) is 0 Å². The van der Waals surface area contributed by atoms with Crippen molar-refractivity contribution in [2.75, 3.05) is 37.7 Å². The summed E-state index contributed by atoms with van der Waals surface area (Å²) in [6.07, 6.45) is 3.15. The Bertz CT molecular complexity index is 297. The van der Waals surface area contributed by atoms with E-state index in [-0.39, 0.29) is 0 Å². The summed E-state index contributed by atoms with van der Waals surface area (Å²) in [6.45, 7) is 3.86. The predicted octanol–water partition coefficient (Wildman–Crippen LogP) is -0.141. The van der Waals surface area contributed by atoms with E-state index >= 15 is 0 Å². The van der Waals surface area contributed by atoms with Crippen LogP contribution < -0.4 is 5.32 Å². The van der Waals surface area contributed by atoms with Crippen molar-refractivity contribution in [1.82, 2.24) is 10.2 Å². The number of nitrogens with zero attached hydrogens (tertiary/aromatic N) is 1. The zero-order valence-electron chi connectivity index (χ0n) is 9.11. The monoisotopic (exact) mass is 232 g/mol. The van der Waals surface area contributed by atoms with Gasteiger partial charge in [-0.15, -0.1) is 0 Å². The first kappa shape index (κ1) is 11.4. The summed E-state index contributed by atoms with van der Waals surface area (Å²) in [5, 5.41) is 3.34. The van der Waals surface area contributed by atoms with Crippen LogP contribution in [-0.2, 0) is 9.84 Å². The SMILES string of the molecule is O=S1(=O)CCCN(C2CCNCC2)CC1. The Morgan fingerprint density at radius 1 is 1.07 bits per heavy atom. The smallest absolute Gasteiger partial charge is 0.151 e. The summed E-state index contributed by atoms with van der Waals surface area (Å²) in [7, 11) is -2.75. The molecule has 15 heavy (non-hydrogen) atoms. The summed E-state index contributed by atoms with van der Waals surface area (Å²) in [5.74, 6) is 0.741. The maximum absolute atomic E-state index is 11.5. The quantitative estimate of drug-likeness (QED) is 0.683. The van der Waals surface area contributed by atoms with Crippen molar-refractivity contribution in [1.29, 1.82) is 0 Å². The zero-order valence-corrected chi connectivity index (χ0v) is 9.93. The molecule has 0 aromatic carbocycles. The summed E-state index contributed by atoms with van der Waals surface area (Å²) in [4.78, 5) is 2.38. The molecular weight excluding hydrogens is 212 g/mol. The second-order valence-electron chi connectivity index (χ2n) is 4.52. The molecule has 4 nitrogen and oxygen atoms in total. The minimum Gasteiger partial charge on any atom is -0.317 e. The highest BCUT2D eigenvalue weighted by Crippen LogP contribution is 2.15. The van der Waals surface area contributed by atoms with Gasteiger partial charge in [-0.1, -0.05) is 0 Å². The van der Waals surface area contributed by atoms with Gasteiger partial charge in [0.25, 0.3) is 0 Å². The molecule has 2 saturated heterocycles. The van der Waals surface area contributed by atoms with Gasteiger partial charge in [-0.3, -0.25) is 4.90 Å². The van der Waals surface area contributed by atoms with Crippen molar-refractivity contribution in [3.05, 3.63) is 0 Å². The first-order chi connectivity index (χ1) is 7.17. The van der Waals surface area contributed by atoms with Gasteiger partial charge in [-0.2, -0.15) is 0 Å². The van der Waals surface area contributed by atoms with Gasteiger partial charge in [0.15, 0.2) is 9.84 Å². The van der Waals surface area contributed by atoms with Crippen LogP contribution in [0.5, 0.6) is 0 Å². The Hall–Kier alpha value is -0.130. The van der Waals surface area contributed by atoms with Crippen molar-refractivity contribution < 1.29 is 8.42 Å². The molecule has 0 aromatic heterocycles. The number of piperidine rings is 1. The Labute approximate surface area is 91.9 Å². The van der Waals surface area contributed by atoms with Gasteiger partial charge in [-0.05, 0) is 38.9 Å². The van der Waals surface area contributed by atoms with Gasteiger partial charge in [0.05, 0.1) is 11.5 Å². The maximum Gasteiger partial charge on any atom is 0.151 e. The average Bonchev–Trinajstić information content (AvgIpc) is 2.41. The van der Waals surface area contributed by atoms with Crippen molar-refractivity contribution in [2.45, 2.75) is 25.3 Å². The van der Waals surface area contributed by atoms with Crippen LogP contribution in [0.25, 0.3) is 0 Å². The number of rotatable bonds is 1. The normalized spacial score (nSPS) is 29.9. The van der Waals surface area contributed by atoms with E-state index in [0.717, 1.165) is 32.6 Å². The Morgan fingerprint density at radius 3 is 2.53 bits per heavy atom. The van der Waals surface area contributed by atoms with E-state index in [9.17, 15) is 8.42 Å². The lowest BCUT2D eigenvalue weighted by Crippen LogP contribution is -2.44. The van der Waals surface area contributed by atoms with Gasteiger partial charge in [0.2, 0.25) is 0 Å². The molecular formula is C10H20N2O2S. The van der Waals surface area contributed by atoms with E-state index in [4.69, 9.17) is 0 Å². The fourth-order valence-electron chi connectivity index (χ4n) is 2.49. The van der Waals surface area contributed by atoms with Gasteiger partial charge in [0.1, 0.15) is 0 Å². The van der Waals surface area contributed by atoms with Gasteiger partial charge >= 0.3 is 0 Å². The molecule has 2 fully saturated rings. The number of nitrogens with one attached hydrogen (secondary N) is 1. The first-order valence-electron chi connectivity index (χ1n) is 5.82. The largest absolute Gasteiger partial charge is 0.317 e. The Morgan fingerprint density at radius 2 is 1.80 bits per heavy atom. The third-order valence-electron chi connectivity index (χ3n) is 3.42. The molecule has 2 aliphatic heterocycles. The lowest BCUT2D eigenvalue weighted by molar-refractivity contribution is 0.174. The van der Waals surface area contributed by atoms with Gasteiger partial charge in [0, 0.05) is 12.6 Å². The highest BCUT2D eigenvalue weighted by atomic mass is 32.2. The standard InChI is InChI=1S/C10H20N2O2S/c13-15(14)8-1-6-12(7-9-15)10-2-4-11-5-3-10/h10-11H,1-9H2. The van der Waals surface area contributed by atoms with E-state index in [1.807, 2.05) is 0 Å². The highest BCUT2D eigenvalue weighted by molar-refractivity contribution is 7.91. The third kappa shape index (κ3) is 3.16. The topological polar surface area (TPSA) is 49.4 Å².